The molecule has 0 radical (unpaired) electrons. The van der Waals surface area contributed by atoms with Gasteiger partial charge < -0.3 is 10.1 Å². The molecule has 1 saturated carbocycles. The molecule has 0 aliphatic heterocycles. The molecule has 0 unspecified atom stereocenters. The first kappa shape index (κ1) is 21.5. The molecular formula is C13H29NO5S. The minimum atomic E-state index is -3.18. The van der Waals surface area contributed by atoms with Gasteiger partial charge in [-0.15, -0.1) is 0 Å². The van der Waals surface area contributed by atoms with E-state index in [0.717, 1.165) is 25.5 Å². The Labute approximate surface area is 123 Å². The highest BCUT2D eigenvalue weighted by Gasteiger charge is 2.21. The molecule has 7 heteroatoms. The Hall–Kier alpha value is -0.820. The molecule has 0 aromatic heterocycles. The van der Waals surface area contributed by atoms with Crippen molar-refractivity contribution in [3.63, 3.8) is 0 Å². The Bertz CT molecular complexity index is 355. The minimum absolute atomic E-state index is 0.0139. The van der Waals surface area contributed by atoms with E-state index < -0.39 is 10.1 Å². The quantitative estimate of drug-likeness (QED) is 0.793. The lowest BCUT2D eigenvalue weighted by Gasteiger charge is -2.23. The standard InChI is InChI=1S/C6H13NO2.C5H10O3S.C2H6/c1-6(2,3)9-5(8)7-4;1-9(6,7)8-5-3-2-4-5;1-2/h1-4H3,(H,7,8);5H,2-4H2,1H3;1-2H3. The van der Waals surface area contributed by atoms with Crippen LogP contribution in [0.25, 0.3) is 0 Å². The number of amides is 1. The summed E-state index contributed by atoms with van der Waals surface area (Å²) in [7, 11) is -1.65. The molecular weight excluding hydrogens is 282 g/mol. The van der Waals surface area contributed by atoms with Crippen molar-refractivity contribution in [2.45, 2.75) is 65.6 Å². The van der Waals surface area contributed by atoms with Crippen LogP contribution in [0.2, 0.25) is 0 Å². The fourth-order valence-corrected chi connectivity index (χ4v) is 1.73. The minimum Gasteiger partial charge on any atom is -0.444 e. The van der Waals surface area contributed by atoms with Gasteiger partial charge in [-0.25, -0.2) is 4.79 Å². The summed E-state index contributed by atoms with van der Waals surface area (Å²) < 4.78 is 30.3. The van der Waals surface area contributed by atoms with E-state index in [1.807, 2.05) is 34.6 Å². The molecule has 1 fully saturated rings. The van der Waals surface area contributed by atoms with Crippen molar-refractivity contribution in [1.82, 2.24) is 5.32 Å². The number of hydrogen-bond acceptors (Lipinski definition) is 5. The maximum atomic E-state index is 10.5. The lowest BCUT2D eigenvalue weighted by molar-refractivity contribution is 0.0541. The van der Waals surface area contributed by atoms with Gasteiger partial charge in [-0.3, -0.25) is 4.18 Å². The first-order chi connectivity index (χ1) is 9.03. The summed E-state index contributed by atoms with van der Waals surface area (Å²) >= 11 is 0. The van der Waals surface area contributed by atoms with Gasteiger partial charge >= 0.3 is 6.09 Å². The highest BCUT2D eigenvalue weighted by Crippen LogP contribution is 2.22. The van der Waals surface area contributed by atoms with Crippen molar-refractivity contribution in [2.75, 3.05) is 13.3 Å². The molecule has 1 aliphatic rings. The summed E-state index contributed by atoms with van der Waals surface area (Å²) in [6.45, 7) is 9.47. The second-order valence-corrected chi connectivity index (χ2v) is 6.71. The predicted molar refractivity (Wildman–Crippen MR) is 80.2 cm³/mol. The van der Waals surface area contributed by atoms with E-state index >= 15 is 0 Å². The topological polar surface area (TPSA) is 81.7 Å². The van der Waals surface area contributed by atoms with Gasteiger partial charge in [0.05, 0.1) is 12.4 Å². The lowest BCUT2D eigenvalue weighted by atomic mass is 9.97. The summed E-state index contributed by atoms with van der Waals surface area (Å²) in [5, 5.41) is 2.36. The summed E-state index contributed by atoms with van der Waals surface area (Å²) in [4.78, 5) is 10.5. The van der Waals surface area contributed by atoms with Crippen LogP contribution in [0.3, 0.4) is 0 Å². The van der Waals surface area contributed by atoms with Crippen LogP contribution in [0.1, 0.15) is 53.9 Å². The molecule has 0 bridgehead atoms. The van der Waals surface area contributed by atoms with Crippen LogP contribution in [0.4, 0.5) is 4.79 Å². The van der Waals surface area contributed by atoms with Crippen molar-refractivity contribution in [2.24, 2.45) is 0 Å². The Morgan fingerprint density at radius 1 is 1.20 bits per heavy atom. The highest BCUT2D eigenvalue weighted by atomic mass is 32.2. The van der Waals surface area contributed by atoms with Crippen molar-refractivity contribution in [1.29, 1.82) is 0 Å². The number of ether oxygens (including phenoxy) is 1. The van der Waals surface area contributed by atoms with Gasteiger partial charge in [0.2, 0.25) is 0 Å². The van der Waals surface area contributed by atoms with Gasteiger partial charge in [0.25, 0.3) is 10.1 Å². The molecule has 0 aromatic rings. The van der Waals surface area contributed by atoms with Gasteiger partial charge in [0.1, 0.15) is 5.60 Å². The van der Waals surface area contributed by atoms with E-state index in [4.69, 9.17) is 4.74 Å². The average Bonchev–Trinajstić information content (AvgIpc) is 2.24. The van der Waals surface area contributed by atoms with Crippen LogP contribution in [0.15, 0.2) is 0 Å². The second-order valence-electron chi connectivity index (χ2n) is 5.11. The molecule has 1 amide bonds. The molecule has 0 spiro atoms. The molecule has 0 aromatic carbocycles. The van der Waals surface area contributed by atoms with Gasteiger partial charge in [-0.2, -0.15) is 8.42 Å². The highest BCUT2D eigenvalue weighted by molar-refractivity contribution is 7.86. The number of carbonyl (C=O) groups excluding carboxylic acids is 1. The van der Waals surface area contributed by atoms with Crippen LogP contribution in [-0.4, -0.2) is 39.5 Å². The lowest BCUT2D eigenvalue weighted by Crippen LogP contribution is -2.30. The number of carbonyl (C=O) groups is 1. The zero-order valence-electron chi connectivity index (χ0n) is 13.6. The monoisotopic (exact) mass is 311 g/mol. The molecule has 0 atom stereocenters. The molecule has 20 heavy (non-hydrogen) atoms. The second kappa shape index (κ2) is 9.99. The number of alkyl carbamates (subject to hydrolysis) is 1. The molecule has 1 rings (SSSR count). The Morgan fingerprint density at radius 2 is 1.65 bits per heavy atom. The SMILES string of the molecule is CC.CNC(=O)OC(C)(C)C.CS(=O)(=O)OC1CCC1. The first-order valence-corrected chi connectivity index (χ1v) is 8.64. The van der Waals surface area contributed by atoms with Crippen molar-refractivity contribution in [3.8, 4) is 0 Å². The summed E-state index contributed by atoms with van der Waals surface area (Å²) in [5.41, 5.74) is -0.389. The third kappa shape index (κ3) is 15.2. The van der Waals surface area contributed by atoms with Gasteiger partial charge in [-0.05, 0) is 40.0 Å². The van der Waals surface area contributed by atoms with Crippen LogP contribution in [0.5, 0.6) is 0 Å². The van der Waals surface area contributed by atoms with Crippen molar-refractivity contribution in [3.05, 3.63) is 0 Å². The maximum Gasteiger partial charge on any atom is 0.407 e. The molecule has 0 heterocycles. The van der Waals surface area contributed by atoms with E-state index in [1.165, 1.54) is 7.05 Å². The third-order valence-corrected chi connectivity index (χ3v) is 2.59. The van der Waals surface area contributed by atoms with E-state index in [-0.39, 0.29) is 17.8 Å². The van der Waals surface area contributed by atoms with Gasteiger partial charge in [0, 0.05) is 7.05 Å². The van der Waals surface area contributed by atoms with E-state index in [9.17, 15) is 13.2 Å². The fraction of sp³-hybridized carbons (Fsp3) is 0.923. The molecule has 6 nitrogen and oxygen atoms in total. The van der Waals surface area contributed by atoms with Crippen LogP contribution in [0, 0.1) is 0 Å². The molecule has 122 valence electrons. The largest absolute Gasteiger partial charge is 0.444 e. The zero-order chi connectivity index (χ0) is 16.4. The fourth-order valence-electron chi connectivity index (χ4n) is 1.04. The van der Waals surface area contributed by atoms with Crippen LogP contribution >= 0.6 is 0 Å². The van der Waals surface area contributed by atoms with Crippen LogP contribution in [-0.2, 0) is 19.0 Å². The maximum absolute atomic E-state index is 10.5. The third-order valence-electron chi connectivity index (χ3n) is 1.97. The molecule has 0 saturated heterocycles. The first-order valence-electron chi connectivity index (χ1n) is 6.82. The summed E-state index contributed by atoms with van der Waals surface area (Å²) in [6.07, 6.45) is 3.58. The van der Waals surface area contributed by atoms with E-state index in [1.54, 1.807) is 0 Å². The summed E-state index contributed by atoms with van der Waals surface area (Å²) in [5.74, 6) is 0. The van der Waals surface area contributed by atoms with E-state index in [2.05, 4.69) is 9.50 Å². The normalized spacial score (nSPS) is 14.8. The zero-order valence-corrected chi connectivity index (χ0v) is 14.5. The Morgan fingerprint density at radius 3 is 1.75 bits per heavy atom. The molecule has 1 aliphatic carbocycles. The van der Waals surface area contributed by atoms with Crippen LogP contribution < -0.4 is 5.32 Å². The predicted octanol–water partition coefficient (Wildman–Crippen LogP) is 2.68. The molecule has 1 N–H and O–H groups in total. The number of rotatable bonds is 2. The number of nitrogens with one attached hydrogen (secondary N) is 1. The van der Waals surface area contributed by atoms with Crippen molar-refractivity contribution < 1.29 is 22.1 Å². The Kier molecular flexibility index (Phi) is 10.7. The number of hydrogen-bond donors (Lipinski definition) is 1. The van der Waals surface area contributed by atoms with Gasteiger partial charge in [-0.1, -0.05) is 13.8 Å². The Balaban J connectivity index is 0. The summed E-state index contributed by atoms with van der Waals surface area (Å²) in [6, 6.07) is 0. The van der Waals surface area contributed by atoms with Gasteiger partial charge in [0.15, 0.2) is 0 Å². The average molecular weight is 311 g/mol. The van der Waals surface area contributed by atoms with Crippen molar-refractivity contribution >= 4 is 16.2 Å². The smallest absolute Gasteiger partial charge is 0.407 e. The van der Waals surface area contributed by atoms with E-state index in [0.29, 0.717) is 0 Å².